The summed E-state index contributed by atoms with van der Waals surface area (Å²) in [6.07, 6.45) is 0.830. The Labute approximate surface area is 127 Å². The Morgan fingerprint density at radius 3 is 2.67 bits per heavy atom. The fourth-order valence-electron chi connectivity index (χ4n) is 1.81. The van der Waals surface area contributed by atoms with Crippen LogP contribution in [0.15, 0.2) is 38.6 Å². The molecule has 2 aromatic rings. The molecule has 1 N–H and O–H groups in total. The van der Waals surface area contributed by atoms with Gasteiger partial charge in [0.1, 0.15) is 5.82 Å². The van der Waals surface area contributed by atoms with Gasteiger partial charge in [-0.25, -0.2) is 4.39 Å². The lowest BCUT2D eigenvalue weighted by molar-refractivity contribution is 0.577. The summed E-state index contributed by atoms with van der Waals surface area (Å²) in [5.41, 5.74) is 0.942. The number of hydrogen-bond donors (Lipinski definition) is 1. The fourth-order valence-corrected chi connectivity index (χ4v) is 3.89. The van der Waals surface area contributed by atoms with Crippen molar-refractivity contribution in [3.05, 3.63) is 54.8 Å². The van der Waals surface area contributed by atoms with Gasteiger partial charge >= 0.3 is 0 Å². The highest BCUT2D eigenvalue weighted by Gasteiger charge is 2.16. The van der Waals surface area contributed by atoms with Gasteiger partial charge in [0.2, 0.25) is 0 Å². The molecule has 0 fully saturated rings. The lowest BCUT2D eigenvalue weighted by atomic mass is 10.0. The Kier molecular flexibility index (Phi) is 4.95. The van der Waals surface area contributed by atoms with Gasteiger partial charge in [0.05, 0.1) is 0 Å². The Hall–Kier alpha value is -0.230. The monoisotopic (exact) mass is 391 g/mol. The fraction of sp³-hybridized carbons (Fsp3) is 0.231. The van der Waals surface area contributed by atoms with Crippen molar-refractivity contribution < 1.29 is 4.39 Å². The topological polar surface area (TPSA) is 12.0 Å². The molecule has 0 amide bonds. The zero-order valence-corrected chi connectivity index (χ0v) is 13.7. The van der Waals surface area contributed by atoms with Crippen molar-refractivity contribution in [3.63, 3.8) is 0 Å². The smallest absolute Gasteiger partial charge is 0.123 e. The van der Waals surface area contributed by atoms with Gasteiger partial charge < -0.3 is 5.32 Å². The van der Waals surface area contributed by atoms with Crippen molar-refractivity contribution >= 4 is 43.2 Å². The van der Waals surface area contributed by atoms with E-state index in [1.165, 1.54) is 10.9 Å². The van der Waals surface area contributed by atoms with Crippen molar-refractivity contribution in [2.24, 2.45) is 0 Å². The Bertz CT molecular complexity index is 542. The SMILES string of the molecule is CNC(Cc1sccc1Br)c1cc(F)ccc1Br. The minimum absolute atomic E-state index is 0.0880. The third kappa shape index (κ3) is 3.20. The van der Waals surface area contributed by atoms with Crippen molar-refractivity contribution in [3.8, 4) is 0 Å². The normalized spacial score (nSPS) is 12.7. The third-order valence-corrected chi connectivity index (χ3v) is 5.43. The molecule has 0 aliphatic carbocycles. The molecule has 1 nitrogen and oxygen atoms in total. The molecule has 0 saturated heterocycles. The Balaban J connectivity index is 2.28. The van der Waals surface area contributed by atoms with Crippen molar-refractivity contribution in [2.75, 3.05) is 7.05 Å². The summed E-state index contributed by atoms with van der Waals surface area (Å²) in [5.74, 6) is -0.210. The van der Waals surface area contributed by atoms with E-state index in [0.717, 1.165) is 20.9 Å². The van der Waals surface area contributed by atoms with Crippen LogP contribution in [0, 0.1) is 5.82 Å². The van der Waals surface area contributed by atoms with Gasteiger partial charge in [0, 0.05) is 26.3 Å². The number of hydrogen-bond acceptors (Lipinski definition) is 2. The minimum atomic E-state index is -0.210. The van der Waals surface area contributed by atoms with Crippen LogP contribution in [-0.2, 0) is 6.42 Å². The van der Waals surface area contributed by atoms with Gasteiger partial charge in [0.15, 0.2) is 0 Å². The predicted molar refractivity (Wildman–Crippen MR) is 81.6 cm³/mol. The van der Waals surface area contributed by atoms with Gasteiger partial charge in [-0.3, -0.25) is 0 Å². The summed E-state index contributed by atoms with van der Waals surface area (Å²) >= 11 is 8.71. The molecule has 1 aromatic heterocycles. The standard InChI is InChI=1S/C13H12Br2FNS/c1-17-12(7-13-11(15)4-5-18-13)9-6-8(16)2-3-10(9)14/h2-6,12,17H,7H2,1H3. The summed E-state index contributed by atoms with van der Waals surface area (Å²) in [5, 5.41) is 5.29. The van der Waals surface area contributed by atoms with E-state index < -0.39 is 0 Å². The van der Waals surface area contributed by atoms with Crippen LogP contribution < -0.4 is 5.32 Å². The molecule has 0 bridgehead atoms. The van der Waals surface area contributed by atoms with Crippen molar-refractivity contribution in [1.29, 1.82) is 0 Å². The van der Waals surface area contributed by atoms with E-state index in [4.69, 9.17) is 0 Å². The molecule has 0 aliphatic rings. The second-order valence-electron chi connectivity index (χ2n) is 3.90. The number of nitrogens with one attached hydrogen (secondary N) is 1. The molecule has 1 unspecified atom stereocenters. The minimum Gasteiger partial charge on any atom is -0.313 e. The maximum atomic E-state index is 13.3. The van der Waals surface area contributed by atoms with E-state index >= 15 is 0 Å². The summed E-state index contributed by atoms with van der Waals surface area (Å²) in [7, 11) is 1.89. The zero-order valence-electron chi connectivity index (χ0n) is 9.71. The summed E-state index contributed by atoms with van der Waals surface area (Å²) < 4.78 is 15.4. The maximum absolute atomic E-state index is 13.3. The van der Waals surface area contributed by atoms with Crippen LogP contribution in [0.5, 0.6) is 0 Å². The average molecular weight is 393 g/mol. The van der Waals surface area contributed by atoms with E-state index in [9.17, 15) is 4.39 Å². The molecule has 2 rings (SSSR count). The average Bonchev–Trinajstić information content (AvgIpc) is 2.75. The third-order valence-electron chi connectivity index (χ3n) is 2.76. The van der Waals surface area contributed by atoms with Crippen LogP contribution in [0.3, 0.4) is 0 Å². The molecule has 0 aliphatic heterocycles. The molecular formula is C13H12Br2FNS. The number of likely N-dealkylation sites (N-methyl/N-ethyl adjacent to an activating group) is 1. The second kappa shape index (κ2) is 6.28. The molecule has 0 spiro atoms. The molecule has 96 valence electrons. The van der Waals surface area contributed by atoms with Crippen LogP contribution in [0.2, 0.25) is 0 Å². The Morgan fingerprint density at radius 2 is 2.06 bits per heavy atom. The largest absolute Gasteiger partial charge is 0.313 e. The number of rotatable bonds is 4. The second-order valence-corrected chi connectivity index (χ2v) is 6.61. The molecule has 1 aromatic carbocycles. The van der Waals surface area contributed by atoms with E-state index in [1.54, 1.807) is 23.5 Å². The summed E-state index contributed by atoms with van der Waals surface area (Å²) in [6.45, 7) is 0. The molecule has 0 saturated carbocycles. The highest BCUT2D eigenvalue weighted by molar-refractivity contribution is 9.10. The van der Waals surface area contributed by atoms with E-state index in [-0.39, 0.29) is 11.9 Å². The van der Waals surface area contributed by atoms with Crippen LogP contribution in [0.4, 0.5) is 4.39 Å². The van der Waals surface area contributed by atoms with E-state index in [2.05, 4.69) is 37.2 Å². The van der Waals surface area contributed by atoms with Crippen LogP contribution in [0.1, 0.15) is 16.5 Å². The molecular weight excluding hydrogens is 381 g/mol. The van der Waals surface area contributed by atoms with Crippen LogP contribution in [-0.4, -0.2) is 7.05 Å². The van der Waals surface area contributed by atoms with Crippen molar-refractivity contribution in [1.82, 2.24) is 5.32 Å². The molecule has 18 heavy (non-hydrogen) atoms. The first-order valence-corrected chi connectivity index (χ1v) is 7.92. The highest BCUT2D eigenvalue weighted by Crippen LogP contribution is 2.31. The molecule has 1 heterocycles. The zero-order chi connectivity index (χ0) is 13.1. The highest BCUT2D eigenvalue weighted by atomic mass is 79.9. The summed E-state index contributed by atoms with van der Waals surface area (Å²) in [6, 6.07) is 6.91. The lowest BCUT2D eigenvalue weighted by Crippen LogP contribution is -2.19. The van der Waals surface area contributed by atoms with Crippen LogP contribution in [0.25, 0.3) is 0 Å². The van der Waals surface area contributed by atoms with Crippen LogP contribution >= 0.6 is 43.2 Å². The first-order valence-electron chi connectivity index (χ1n) is 5.46. The predicted octanol–water partition coefficient (Wildman–Crippen LogP) is 4.92. The number of benzene rings is 1. The number of halogens is 3. The first-order chi connectivity index (χ1) is 8.61. The van der Waals surface area contributed by atoms with Gasteiger partial charge in [-0.1, -0.05) is 15.9 Å². The van der Waals surface area contributed by atoms with Gasteiger partial charge in [-0.05, 0) is 58.2 Å². The summed E-state index contributed by atoms with van der Waals surface area (Å²) in [4.78, 5) is 1.26. The van der Waals surface area contributed by atoms with Gasteiger partial charge in [0.25, 0.3) is 0 Å². The van der Waals surface area contributed by atoms with Gasteiger partial charge in [-0.2, -0.15) is 0 Å². The van der Waals surface area contributed by atoms with E-state index in [0.29, 0.717) is 0 Å². The van der Waals surface area contributed by atoms with E-state index in [1.807, 2.05) is 18.5 Å². The molecule has 0 radical (unpaired) electrons. The molecule has 5 heteroatoms. The van der Waals surface area contributed by atoms with Gasteiger partial charge in [-0.15, -0.1) is 11.3 Å². The molecule has 1 atom stereocenters. The quantitative estimate of drug-likeness (QED) is 0.778. The Morgan fingerprint density at radius 1 is 1.28 bits per heavy atom. The lowest BCUT2D eigenvalue weighted by Gasteiger charge is -2.18. The number of thiophene rings is 1. The first kappa shape index (κ1) is 14.2. The maximum Gasteiger partial charge on any atom is 0.123 e. The van der Waals surface area contributed by atoms with Crippen molar-refractivity contribution in [2.45, 2.75) is 12.5 Å².